The van der Waals surface area contributed by atoms with Crippen LogP contribution in [0, 0.1) is 19.7 Å². The molecule has 42 heavy (non-hydrogen) atoms. The van der Waals surface area contributed by atoms with Gasteiger partial charge >= 0.3 is 0 Å². The summed E-state index contributed by atoms with van der Waals surface area (Å²) >= 11 is 0. The van der Waals surface area contributed by atoms with E-state index in [-0.39, 0.29) is 5.82 Å². The quantitative estimate of drug-likeness (QED) is 0.187. The third-order valence-electron chi connectivity index (χ3n) is 9.06. The molecule has 0 aliphatic rings. The van der Waals surface area contributed by atoms with Gasteiger partial charge in [0.15, 0.2) is 0 Å². The topological polar surface area (TPSA) is 53.5 Å². The van der Waals surface area contributed by atoms with Crippen molar-refractivity contribution in [3.8, 4) is 0 Å². The minimum Gasteiger partial charge on any atom is -0.336 e. The zero-order valence-electron chi connectivity index (χ0n) is 26.0. The second kappa shape index (κ2) is 10.4. The lowest BCUT2D eigenvalue weighted by molar-refractivity contribution is 0.422. The van der Waals surface area contributed by atoms with Crippen LogP contribution >= 0.6 is 0 Å². The maximum atomic E-state index is 15.3. The van der Waals surface area contributed by atoms with Crippen molar-refractivity contribution in [2.45, 2.75) is 85.2 Å². The van der Waals surface area contributed by atoms with Gasteiger partial charge in [-0.2, -0.15) is 0 Å². The standard InChI is InChI=1S/C35H41FN6/c1-21(2)25-9-13-37-34-28(25)17-24(5)42(34)16-10-22(3)30-23(4)18-38-33-26(30)12-15-41(33)20-35(6,7)31-27-11-14-40(8)32(27)39-19-29(31)36/h9,11-15,17-19,21-22H,10,16,20H2,1-8H3. The van der Waals surface area contributed by atoms with Crippen LogP contribution in [-0.2, 0) is 25.6 Å². The van der Waals surface area contributed by atoms with E-state index in [1.807, 2.05) is 36.3 Å². The third-order valence-corrected chi connectivity index (χ3v) is 9.06. The Morgan fingerprint density at radius 3 is 2.38 bits per heavy atom. The van der Waals surface area contributed by atoms with Gasteiger partial charge in [-0.1, -0.05) is 34.6 Å². The van der Waals surface area contributed by atoms with Crippen molar-refractivity contribution in [1.82, 2.24) is 28.7 Å². The van der Waals surface area contributed by atoms with Crippen molar-refractivity contribution in [2.24, 2.45) is 7.05 Å². The van der Waals surface area contributed by atoms with Crippen molar-refractivity contribution in [2.75, 3.05) is 0 Å². The molecule has 0 bridgehead atoms. The highest BCUT2D eigenvalue weighted by atomic mass is 19.1. The number of hydrogen-bond acceptors (Lipinski definition) is 3. The van der Waals surface area contributed by atoms with E-state index < -0.39 is 5.41 Å². The number of hydrogen-bond donors (Lipinski definition) is 0. The molecule has 0 aliphatic heterocycles. The van der Waals surface area contributed by atoms with Gasteiger partial charge in [-0.05, 0) is 73.1 Å². The van der Waals surface area contributed by atoms with Crippen LogP contribution in [0.2, 0.25) is 0 Å². The van der Waals surface area contributed by atoms with Crippen molar-refractivity contribution >= 4 is 33.1 Å². The normalized spacial score (nSPS) is 13.3. The van der Waals surface area contributed by atoms with Crippen LogP contribution < -0.4 is 0 Å². The Labute approximate surface area is 247 Å². The maximum Gasteiger partial charge on any atom is 0.146 e. The molecular formula is C35H41FN6. The van der Waals surface area contributed by atoms with Crippen LogP contribution in [0.5, 0.6) is 0 Å². The molecule has 6 aromatic rings. The first-order valence-electron chi connectivity index (χ1n) is 15.0. The van der Waals surface area contributed by atoms with E-state index in [0.29, 0.717) is 23.9 Å². The molecule has 0 aromatic carbocycles. The number of nitrogens with zero attached hydrogens (tertiary/aromatic N) is 6. The second-order valence-electron chi connectivity index (χ2n) is 13.0. The minimum atomic E-state index is -0.480. The van der Waals surface area contributed by atoms with Crippen molar-refractivity contribution in [1.29, 1.82) is 0 Å². The minimum absolute atomic E-state index is 0.267. The fraction of sp³-hybridized carbons (Fsp3) is 0.400. The van der Waals surface area contributed by atoms with E-state index in [1.165, 1.54) is 39.4 Å². The Kier molecular flexibility index (Phi) is 6.95. The molecule has 6 aromatic heterocycles. The SMILES string of the molecule is Cc1cnc2c(ccn2CC(C)(C)c2c(F)cnc3c2ccn3C)c1C(C)CCn1c(C)cc2c(C(C)C)ccnc21. The Balaban J connectivity index is 1.31. The number of halogens is 1. The summed E-state index contributed by atoms with van der Waals surface area (Å²) < 4.78 is 21.8. The lowest BCUT2D eigenvalue weighted by Crippen LogP contribution is -2.26. The number of fused-ring (bicyclic) bond motifs is 3. The number of aryl methyl sites for hydroxylation is 4. The molecule has 1 unspecified atom stereocenters. The highest BCUT2D eigenvalue weighted by Crippen LogP contribution is 2.36. The highest BCUT2D eigenvalue weighted by Gasteiger charge is 2.29. The summed E-state index contributed by atoms with van der Waals surface area (Å²) in [6, 6.07) is 8.58. The van der Waals surface area contributed by atoms with Gasteiger partial charge in [0.1, 0.15) is 22.8 Å². The molecule has 0 radical (unpaired) electrons. The Morgan fingerprint density at radius 1 is 0.881 bits per heavy atom. The van der Waals surface area contributed by atoms with Crippen LogP contribution in [0.15, 0.2) is 55.2 Å². The first kappa shape index (κ1) is 28.1. The van der Waals surface area contributed by atoms with E-state index in [2.05, 4.69) is 87.0 Å². The van der Waals surface area contributed by atoms with E-state index in [9.17, 15) is 0 Å². The molecule has 0 aliphatic carbocycles. The third kappa shape index (κ3) is 4.59. The van der Waals surface area contributed by atoms with Gasteiger partial charge in [-0.3, -0.25) is 0 Å². The summed E-state index contributed by atoms with van der Waals surface area (Å²) in [5.74, 6) is 0.516. The van der Waals surface area contributed by atoms with Gasteiger partial charge in [0.25, 0.3) is 0 Å². The van der Waals surface area contributed by atoms with E-state index in [1.54, 1.807) is 0 Å². The van der Waals surface area contributed by atoms with Crippen molar-refractivity contribution < 1.29 is 4.39 Å². The van der Waals surface area contributed by atoms with Crippen molar-refractivity contribution in [3.63, 3.8) is 0 Å². The Morgan fingerprint density at radius 2 is 1.62 bits per heavy atom. The molecule has 6 heterocycles. The number of pyridine rings is 3. The largest absolute Gasteiger partial charge is 0.336 e. The van der Waals surface area contributed by atoms with Crippen LogP contribution in [0.1, 0.15) is 80.8 Å². The molecule has 0 saturated heterocycles. The summed E-state index contributed by atoms with van der Waals surface area (Å²) in [7, 11) is 1.94. The molecule has 0 saturated carbocycles. The van der Waals surface area contributed by atoms with Gasteiger partial charge in [0, 0.05) is 77.8 Å². The summed E-state index contributed by atoms with van der Waals surface area (Å²) in [6.45, 7) is 16.8. The highest BCUT2D eigenvalue weighted by molar-refractivity contribution is 5.84. The van der Waals surface area contributed by atoms with Crippen LogP contribution in [-0.4, -0.2) is 28.7 Å². The molecular weight excluding hydrogens is 523 g/mol. The lowest BCUT2D eigenvalue weighted by atomic mass is 9.83. The van der Waals surface area contributed by atoms with E-state index in [4.69, 9.17) is 9.97 Å². The van der Waals surface area contributed by atoms with Crippen LogP contribution in [0.3, 0.4) is 0 Å². The molecule has 218 valence electrons. The predicted molar refractivity (Wildman–Crippen MR) is 170 cm³/mol. The van der Waals surface area contributed by atoms with Crippen LogP contribution in [0.25, 0.3) is 33.1 Å². The monoisotopic (exact) mass is 564 g/mol. The zero-order chi connectivity index (χ0) is 29.9. The van der Waals surface area contributed by atoms with Gasteiger partial charge in [-0.15, -0.1) is 0 Å². The second-order valence-corrected chi connectivity index (χ2v) is 13.0. The predicted octanol–water partition coefficient (Wildman–Crippen LogP) is 8.32. The smallest absolute Gasteiger partial charge is 0.146 e. The van der Waals surface area contributed by atoms with Crippen LogP contribution in [0.4, 0.5) is 4.39 Å². The molecule has 6 rings (SSSR count). The van der Waals surface area contributed by atoms with Crippen molar-refractivity contribution in [3.05, 3.63) is 89.0 Å². The van der Waals surface area contributed by atoms with Gasteiger partial charge in [0.2, 0.25) is 0 Å². The number of rotatable bonds is 8. The lowest BCUT2D eigenvalue weighted by Gasteiger charge is -2.27. The molecule has 0 N–H and O–H groups in total. The fourth-order valence-corrected chi connectivity index (χ4v) is 6.97. The molecule has 0 amide bonds. The molecule has 1 atom stereocenters. The first-order valence-corrected chi connectivity index (χ1v) is 15.0. The van der Waals surface area contributed by atoms with E-state index in [0.717, 1.165) is 35.3 Å². The maximum absolute atomic E-state index is 15.3. The molecule has 6 nitrogen and oxygen atoms in total. The average Bonchev–Trinajstić information content (AvgIpc) is 3.60. The van der Waals surface area contributed by atoms with Gasteiger partial charge < -0.3 is 13.7 Å². The molecule has 0 fully saturated rings. The first-order chi connectivity index (χ1) is 20.0. The average molecular weight is 565 g/mol. The summed E-state index contributed by atoms with van der Waals surface area (Å²) in [5, 5.41) is 3.30. The number of aromatic nitrogens is 6. The Bertz CT molecular complexity index is 1940. The summed E-state index contributed by atoms with van der Waals surface area (Å²) in [6.07, 6.45) is 10.3. The van der Waals surface area contributed by atoms with Gasteiger partial charge in [0.05, 0.1) is 6.20 Å². The van der Waals surface area contributed by atoms with E-state index >= 15 is 4.39 Å². The summed E-state index contributed by atoms with van der Waals surface area (Å²) in [5.41, 5.74) is 8.17. The Hall–Kier alpha value is -4.00. The molecule has 0 spiro atoms. The zero-order valence-corrected chi connectivity index (χ0v) is 26.0. The van der Waals surface area contributed by atoms with Gasteiger partial charge in [-0.25, -0.2) is 19.3 Å². The fourth-order valence-electron chi connectivity index (χ4n) is 6.97. The summed E-state index contributed by atoms with van der Waals surface area (Å²) in [4.78, 5) is 14.0. The molecule has 7 heteroatoms.